The number of ketones is 1. The molecule has 1 atom stereocenters. The Morgan fingerprint density at radius 3 is 2.78 bits per heavy atom. The first-order valence-corrected chi connectivity index (χ1v) is 6.10. The van der Waals surface area contributed by atoms with E-state index in [4.69, 9.17) is 14.2 Å². The zero-order chi connectivity index (χ0) is 12.4. The molecule has 3 rings (SSSR count). The van der Waals surface area contributed by atoms with Gasteiger partial charge in [-0.15, -0.1) is 0 Å². The lowest BCUT2D eigenvalue weighted by molar-refractivity contribution is -0.128. The first-order valence-electron chi connectivity index (χ1n) is 6.10. The van der Waals surface area contributed by atoms with Gasteiger partial charge in [0.1, 0.15) is 6.61 Å². The van der Waals surface area contributed by atoms with Gasteiger partial charge in [0.25, 0.3) is 0 Å². The summed E-state index contributed by atoms with van der Waals surface area (Å²) in [6.45, 7) is 0.832. The van der Waals surface area contributed by atoms with E-state index in [2.05, 4.69) is 0 Å². The molecule has 1 aromatic rings. The van der Waals surface area contributed by atoms with Crippen LogP contribution in [0.3, 0.4) is 0 Å². The van der Waals surface area contributed by atoms with Crippen LogP contribution in [-0.4, -0.2) is 25.1 Å². The molecular formula is C14H14O4. The lowest BCUT2D eigenvalue weighted by Gasteiger charge is -2.26. The van der Waals surface area contributed by atoms with E-state index in [1.54, 1.807) is 6.07 Å². The van der Waals surface area contributed by atoms with Crippen LogP contribution in [0.5, 0.6) is 11.5 Å². The molecule has 0 aliphatic carbocycles. The van der Waals surface area contributed by atoms with Crippen molar-refractivity contribution in [3.05, 3.63) is 36.1 Å². The quantitative estimate of drug-likeness (QED) is 0.801. The first kappa shape index (κ1) is 11.1. The minimum absolute atomic E-state index is 0.135. The Bertz CT molecular complexity index is 492. The SMILES string of the molecule is O=C(C1=CCCCO1)C1COc2ccccc2O1. The number of carbonyl (C=O) groups excluding carboxylic acids is 1. The van der Waals surface area contributed by atoms with Crippen molar-refractivity contribution in [2.75, 3.05) is 13.2 Å². The predicted molar refractivity (Wildman–Crippen MR) is 64.6 cm³/mol. The van der Waals surface area contributed by atoms with E-state index in [9.17, 15) is 4.79 Å². The number of allylic oxidation sites excluding steroid dienone is 1. The molecule has 2 aliphatic rings. The van der Waals surface area contributed by atoms with Gasteiger partial charge in [0.2, 0.25) is 5.78 Å². The Morgan fingerprint density at radius 2 is 2.00 bits per heavy atom. The van der Waals surface area contributed by atoms with Gasteiger partial charge in [0.05, 0.1) is 6.61 Å². The monoisotopic (exact) mass is 246 g/mol. The Kier molecular flexibility index (Phi) is 2.92. The zero-order valence-electron chi connectivity index (χ0n) is 9.93. The van der Waals surface area contributed by atoms with Gasteiger partial charge in [-0.2, -0.15) is 0 Å². The zero-order valence-corrected chi connectivity index (χ0v) is 9.93. The Morgan fingerprint density at radius 1 is 1.17 bits per heavy atom. The lowest BCUT2D eigenvalue weighted by atomic mass is 10.1. The van der Waals surface area contributed by atoms with Crippen LogP contribution in [0.1, 0.15) is 12.8 Å². The van der Waals surface area contributed by atoms with Gasteiger partial charge in [-0.25, -0.2) is 0 Å². The molecule has 94 valence electrons. The average Bonchev–Trinajstić information content (AvgIpc) is 2.47. The number of para-hydroxylation sites is 2. The number of hydrogen-bond acceptors (Lipinski definition) is 4. The molecule has 0 saturated heterocycles. The lowest BCUT2D eigenvalue weighted by Crippen LogP contribution is -2.38. The molecule has 0 spiro atoms. The second-order valence-electron chi connectivity index (χ2n) is 4.29. The summed E-state index contributed by atoms with van der Waals surface area (Å²) >= 11 is 0. The summed E-state index contributed by atoms with van der Waals surface area (Å²) in [6, 6.07) is 7.35. The van der Waals surface area contributed by atoms with E-state index < -0.39 is 6.10 Å². The highest BCUT2D eigenvalue weighted by Gasteiger charge is 2.30. The average molecular weight is 246 g/mol. The van der Waals surface area contributed by atoms with Crippen molar-refractivity contribution in [3.8, 4) is 11.5 Å². The maximum absolute atomic E-state index is 12.2. The van der Waals surface area contributed by atoms with E-state index in [1.165, 1.54) is 0 Å². The second-order valence-corrected chi connectivity index (χ2v) is 4.29. The van der Waals surface area contributed by atoms with Gasteiger partial charge in [0, 0.05) is 0 Å². The molecule has 1 unspecified atom stereocenters. The maximum atomic E-state index is 12.2. The van der Waals surface area contributed by atoms with Crippen LogP contribution >= 0.6 is 0 Å². The topological polar surface area (TPSA) is 44.8 Å². The third kappa shape index (κ3) is 2.06. The number of rotatable bonds is 2. The summed E-state index contributed by atoms with van der Waals surface area (Å²) in [5.74, 6) is 1.57. The van der Waals surface area contributed by atoms with Crippen LogP contribution in [0.25, 0.3) is 0 Å². The van der Waals surface area contributed by atoms with Crippen molar-refractivity contribution in [2.24, 2.45) is 0 Å². The summed E-state index contributed by atoms with van der Waals surface area (Å²) in [4.78, 5) is 12.2. The van der Waals surface area contributed by atoms with Gasteiger partial charge in [-0.1, -0.05) is 12.1 Å². The molecule has 0 aromatic heterocycles. The second kappa shape index (κ2) is 4.72. The van der Waals surface area contributed by atoms with Crippen LogP contribution in [0.4, 0.5) is 0 Å². The summed E-state index contributed by atoms with van der Waals surface area (Å²) in [5.41, 5.74) is 0. The molecule has 0 amide bonds. The van der Waals surface area contributed by atoms with Crippen LogP contribution in [0, 0.1) is 0 Å². The number of Topliss-reactive ketones (excluding diaryl/α,β-unsaturated/α-hetero) is 1. The summed E-state index contributed by atoms with van der Waals surface area (Å²) in [5, 5.41) is 0. The minimum Gasteiger partial charge on any atom is -0.490 e. The molecule has 18 heavy (non-hydrogen) atoms. The van der Waals surface area contributed by atoms with Gasteiger partial charge in [0.15, 0.2) is 23.4 Å². The van der Waals surface area contributed by atoms with Crippen molar-refractivity contribution in [3.63, 3.8) is 0 Å². The van der Waals surface area contributed by atoms with Crippen molar-refractivity contribution in [1.29, 1.82) is 0 Å². The fraction of sp³-hybridized carbons (Fsp3) is 0.357. The van der Waals surface area contributed by atoms with Gasteiger partial charge in [-0.3, -0.25) is 4.79 Å². The highest BCUT2D eigenvalue weighted by Crippen LogP contribution is 2.31. The molecule has 0 radical (unpaired) electrons. The first-order chi connectivity index (χ1) is 8.84. The molecule has 0 saturated carbocycles. The van der Waals surface area contributed by atoms with Gasteiger partial charge in [-0.05, 0) is 31.1 Å². The largest absolute Gasteiger partial charge is 0.490 e. The molecule has 2 aliphatic heterocycles. The van der Waals surface area contributed by atoms with E-state index in [0.717, 1.165) is 12.8 Å². The number of fused-ring (bicyclic) bond motifs is 1. The van der Waals surface area contributed by atoms with E-state index in [0.29, 0.717) is 23.9 Å². The summed E-state index contributed by atoms with van der Waals surface area (Å²) in [7, 11) is 0. The Hall–Kier alpha value is -1.97. The van der Waals surface area contributed by atoms with Crippen LogP contribution in [-0.2, 0) is 9.53 Å². The Labute approximate surface area is 105 Å². The van der Waals surface area contributed by atoms with Gasteiger partial charge >= 0.3 is 0 Å². The smallest absolute Gasteiger partial charge is 0.240 e. The minimum atomic E-state index is -0.607. The molecule has 1 aromatic carbocycles. The predicted octanol–water partition coefficient (Wildman–Crippen LogP) is 2.09. The van der Waals surface area contributed by atoms with Crippen molar-refractivity contribution in [2.45, 2.75) is 18.9 Å². The van der Waals surface area contributed by atoms with Crippen LogP contribution < -0.4 is 9.47 Å². The molecule has 0 fully saturated rings. The fourth-order valence-electron chi connectivity index (χ4n) is 2.04. The normalized spacial score (nSPS) is 21.8. The summed E-state index contributed by atoms with van der Waals surface area (Å²) < 4.78 is 16.5. The number of hydrogen-bond donors (Lipinski definition) is 0. The maximum Gasteiger partial charge on any atom is 0.240 e. The molecular weight excluding hydrogens is 232 g/mol. The van der Waals surface area contributed by atoms with Gasteiger partial charge < -0.3 is 14.2 Å². The highest BCUT2D eigenvalue weighted by molar-refractivity contribution is 5.97. The standard InChI is InChI=1S/C14H14O4/c15-14(12-7-3-4-8-16-12)13-9-17-10-5-1-2-6-11(10)18-13/h1-2,5-7,13H,3-4,8-9H2. The van der Waals surface area contributed by atoms with E-state index in [1.807, 2.05) is 24.3 Å². The van der Waals surface area contributed by atoms with E-state index >= 15 is 0 Å². The molecule has 2 heterocycles. The molecule has 0 bridgehead atoms. The van der Waals surface area contributed by atoms with Crippen LogP contribution in [0.2, 0.25) is 0 Å². The molecule has 4 nitrogen and oxygen atoms in total. The molecule has 4 heteroatoms. The number of ether oxygens (including phenoxy) is 3. The van der Waals surface area contributed by atoms with Crippen LogP contribution in [0.15, 0.2) is 36.1 Å². The van der Waals surface area contributed by atoms with Crippen molar-refractivity contribution in [1.82, 2.24) is 0 Å². The number of carbonyl (C=O) groups is 1. The third-order valence-electron chi connectivity index (χ3n) is 2.98. The summed E-state index contributed by atoms with van der Waals surface area (Å²) in [6.07, 6.45) is 3.06. The fourth-order valence-corrected chi connectivity index (χ4v) is 2.04. The molecule has 0 N–H and O–H groups in total. The van der Waals surface area contributed by atoms with Crippen molar-refractivity contribution >= 4 is 5.78 Å². The number of benzene rings is 1. The van der Waals surface area contributed by atoms with E-state index in [-0.39, 0.29) is 12.4 Å². The Balaban J connectivity index is 1.75. The highest BCUT2D eigenvalue weighted by atomic mass is 16.6. The van der Waals surface area contributed by atoms with Crippen molar-refractivity contribution < 1.29 is 19.0 Å². The third-order valence-corrected chi connectivity index (χ3v) is 2.98.